The molecule has 11 nitrogen and oxygen atoms in total. The van der Waals surface area contributed by atoms with Crippen molar-refractivity contribution < 1.29 is 13.7 Å². The molecule has 0 radical (unpaired) electrons. The van der Waals surface area contributed by atoms with Gasteiger partial charge in [0.15, 0.2) is 6.19 Å². The van der Waals surface area contributed by atoms with Crippen molar-refractivity contribution in [1.29, 1.82) is 5.26 Å². The SMILES string of the molecule is CC(=O)NC#N.Cc1n[nH]c(=O)o1.Cc1noc(=O)[nH]1. The summed E-state index contributed by atoms with van der Waals surface area (Å²) in [5.41, 5.74) is 0. The van der Waals surface area contributed by atoms with E-state index in [4.69, 9.17) is 5.26 Å². The first-order valence-electron chi connectivity index (χ1n) is 5.05. The highest BCUT2D eigenvalue weighted by atomic mass is 16.5. The first-order chi connectivity index (χ1) is 9.35. The highest BCUT2D eigenvalue weighted by Gasteiger charge is 1.87. The molecule has 3 N–H and O–H groups in total. The first kappa shape index (κ1) is 16.8. The summed E-state index contributed by atoms with van der Waals surface area (Å²) in [7, 11) is 0. The molecule has 11 heteroatoms. The molecule has 108 valence electrons. The van der Waals surface area contributed by atoms with Crippen LogP contribution in [0, 0.1) is 25.3 Å². The number of rotatable bonds is 0. The molecule has 2 aromatic rings. The van der Waals surface area contributed by atoms with Gasteiger partial charge in [0.1, 0.15) is 5.82 Å². The Morgan fingerprint density at radius 2 is 2.00 bits per heavy atom. The zero-order chi connectivity index (χ0) is 15.5. The predicted molar refractivity (Wildman–Crippen MR) is 63.2 cm³/mol. The van der Waals surface area contributed by atoms with E-state index in [0.717, 1.165) is 0 Å². The third kappa shape index (κ3) is 8.93. The van der Waals surface area contributed by atoms with Crippen LogP contribution in [0.5, 0.6) is 0 Å². The molecule has 0 aliphatic heterocycles. The third-order valence-corrected chi connectivity index (χ3v) is 1.33. The van der Waals surface area contributed by atoms with E-state index in [2.05, 4.69) is 29.3 Å². The van der Waals surface area contributed by atoms with E-state index < -0.39 is 11.5 Å². The van der Waals surface area contributed by atoms with Gasteiger partial charge in [-0.15, -0.1) is 5.10 Å². The van der Waals surface area contributed by atoms with E-state index in [1.54, 1.807) is 13.8 Å². The van der Waals surface area contributed by atoms with Crippen molar-refractivity contribution in [2.75, 3.05) is 0 Å². The Morgan fingerprint density at radius 1 is 1.35 bits per heavy atom. The normalized spacial score (nSPS) is 8.30. The number of aromatic amines is 2. The van der Waals surface area contributed by atoms with Crippen LogP contribution in [-0.2, 0) is 4.79 Å². The second-order valence-corrected chi connectivity index (χ2v) is 3.11. The summed E-state index contributed by atoms with van der Waals surface area (Å²) in [5, 5.41) is 18.3. The van der Waals surface area contributed by atoms with Crippen LogP contribution in [-0.4, -0.2) is 26.2 Å². The predicted octanol–water partition coefficient (Wildman–Crippen LogP) is -1.05. The Bertz CT molecular complexity index is 625. The van der Waals surface area contributed by atoms with Crippen LogP contribution in [0.4, 0.5) is 0 Å². The van der Waals surface area contributed by atoms with E-state index in [1.807, 2.05) is 5.32 Å². The average molecular weight is 284 g/mol. The van der Waals surface area contributed by atoms with Crippen molar-refractivity contribution in [3.8, 4) is 6.19 Å². The number of carbonyl (C=O) groups is 1. The summed E-state index contributed by atoms with van der Waals surface area (Å²) in [4.78, 5) is 32.0. The molecular weight excluding hydrogens is 272 g/mol. The smallest absolute Gasteiger partial charge is 0.393 e. The van der Waals surface area contributed by atoms with Crippen molar-refractivity contribution in [3.05, 3.63) is 32.8 Å². The number of nitriles is 1. The van der Waals surface area contributed by atoms with Gasteiger partial charge in [0.2, 0.25) is 11.8 Å². The zero-order valence-electron chi connectivity index (χ0n) is 10.9. The number of hydrogen-bond acceptors (Lipinski definition) is 8. The van der Waals surface area contributed by atoms with Gasteiger partial charge in [0.25, 0.3) is 0 Å². The summed E-state index contributed by atoms with van der Waals surface area (Å²) in [6.45, 7) is 4.52. The molecule has 0 unspecified atom stereocenters. The molecule has 20 heavy (non-hydrogen) atoms. The number of H-pyrrole nitrogens is 2. The average Bonchev–Trinajstić information content (AvgIpc) is 2.89. The number of nitrogens with one attached hydrogen (secondary N) is 3. The van der Waals surface area contributed by atoms with Crippen LogP contribution in [0.1, 0.15) is 18.6 Å². The molecule has 0 atom stereocenters. The molecule has 2 aromatic heterocycles. The van der Waals surface area contributed by atoms with Crippen molar-refractivity contribution in [3.63, 3.8) is 0 Å². The van der Waals surface area contributed by atoms with Crippen molar-refractivity contribution in [2.45, 2.75) is 20.8 Å². The highest BCUT2D eigenvalue weighted by molar-refractivity contribution is 5.74. The summed E-state index contributed by atoms with van der Waals surface area (Å²) >= 11 is 0. The fraction of sp³-hybridized carbons (Fsp3) is 0.333. The Hall–Kier alpha value is -3.16. The lowest BCUT2D eigenvalue weighted by Crippen LogP contribution is -2.11. The summed E-state index contributed by atoms with van der Waals surface area (Å²) < 4.78 is 8.46. The maximum atomic E-state index is 10.0. The van der Waals surface area contributed by atoms with E-state index in [1.165, 1.54) is 13.1 Å². The van der Waals surface area contributed by atoms with E-state index in [9.17, 15) is 14.4 Å². The van der Waals surface area contributed by atoms with Gasteiger partial charge in [0, 0.05) is 13.8 Å². The van der Waals surface area contributed by atoms with Crippen LogP contribution in [0.15, 0.2) is 18.5 Å². The number of nitrogens with zero attached hydrogens (tertiary/aromatic N) is 3. The van der Waals surface area contributed by atoms with Crippen LogP contribution in [0.25, 0.3) is 0 Å². The summed E-state index contributed by atoms with van der Waals surface area (Å²) in [6.07, 6.45) is 1.47. The minimum atomic E-state index is -0.502. The van der Waals surface area contributed by atoms with E-state index in [0.29, 0.717) is 11.7 Å². The van der Waals surface area contributed by atoms with Gasteiger partial charge in [-0.1, -0.05) is 5.16 Å². The van der Waals surface area contributed by atoms with Gasteiger partial charge in [-0.2, -0.15) is 5.26 Å². The quantitative estimate of drug-likeness (QED) is 0.406. The maximum Gasteiger partial charge on any atom is 0.438 e. The van der Waals surface area contributed by atoms with Gasteiger partial charge in [-0.25, -0.2) is 14.7 Å². The molecule has 0 aliphatic rings. The number of carbonyl (C=O) groups excluding carboxylic acids is 1. The van der Waals surface area contributed by atoms with Gasteiger partial charge in [0.05, 0.1) is 0 Å². The lowest BCUT2D eigenvalue weighted by Gasteiger charge is -1.76. The molecule has 0 aromatic carbocycles. The number of aromatic nitrogens is 4. The molecule has 0 saturated heterocycles. The van der Waals surface area contributed by atoms with Crippen LogP contribution in [0.2, 0.25) is 0 Å². The number of aryl methyl sites for hydroxylation is 2. The lowest BCUT2D eigenvalue weighted by molar-refractivity contribution is -0.117. The Balaban J connectivity index is 0.000000272. The van der Waals surface area contributed by atoms with Crippen molar-refractivity contribution >= 4 is 5.91 Å². The maximum absolute atomic E-state index is 10.0. The Morgan fingerprint density at radius 3 is 2.10 bits per heavy atom. The van der Waals surface area contributed by atoms with Crippen LogP contribution >= 0.6 is 0 Å². The van der Waals surface area contributed by atoms with E-state index in [-0.39, 0.29) is 5.91 Å². The summed E-state index contributed by atoms with van der Waals surface area (Å²) in [5.74, 6) is -0.456. The fourth-order valence-electron chi connectivity index (χ4n) is 0.686. The van der Waals surface area contributed by atoms with Crippen LogP contribution in [0.3, 0.4) is 0 Å². The van der Waals surface area contributed by atoms with Gasteiger partial charge in [-0.05, 0) is 6.92 Å². The van der Waals surface area contributed by atoms with Crippen LogP contribution < -0.4 is 16.8 Å². The fourth-order valence-corrected chi connectivity index (χ4v) is 0.686. The molecule has 0 spiro atoms. The zero-order valence-corrected chi connectivity index (χ0v) is 10.9. The Kier molecular flexibility index (Phi) is 7.46. The standard InChI is InChI=1S/2C3H4N2O2.C3H4N2O/c1-2-4-5-3(6)7-2;1-2-4-3(6)7-5-2;1-3(6)5-2-4/h1H3,(H,5,6);1H3,(H,4,5,6);1H3,(H,5,6). The molecular formula is C9H12N6O5. The van der Waals surface area contributed by atoms with Gasteiger partial charge in [-0.3, -0.25) is 19.6 Å². The topological polar surface area (TPSA) is 171 Å². The molecule has 2 heterocycles. The highest BCUT2D eigenvalue weighted by Crippen LogP contribution is 1.76. The minimum absolute atomic E-state index is 0.322. The minimum Gasteiger partial charge on any atom is -0.393 e. The largest absolute Gasteiger partial charge is 0.438 e. The lowest BCUT2D eigenvalue weighted by atomic mass is 10.7. The van der Waals surface area contributed by atoms with Gasteiger partial charge < -0.3 is 4.42 Å². The monoisotopic (exact) mass is 284 g/mol. The molecule has 0 aliphatic carbocycles. The molecule has 0 saturated carbocycles. The molecule has 0 fully saturated rings. The number of amides is 1. The van der Waals surface area contributed by atoms with E-state index >= 15 is 0 Å². The summed E-state index contributed by atoms with van der Waals surface area (Å²) in [6, 6.07) is 0. The van der Waals surface area contributed by atoms with Gasteiger partial charge >= 0.3 is 11.5 Å². The third-order valence-electron chi connectivity index (χ3n) is 1.33. The second kappa shape index (κ2) is 8.86. The van der Waals surface area contributed by atoms with Crippen molar-refractivity contribution in [1.82, 2.24) is 25.7 Å². The molecule has 1 amide bonds. The molecule has 2 rings (SSSR count). The Labute approximate surface area is 111 Å². The first-order valence-corrected chi connectivity index (χ1v) is 5.05. The van der Waals surface area contributed by atoms with Crippen molar-refractivity contribution in [2.24, 2.45) is 0 Å². The second-order valence-electron chi connectivity index (χ2n) is 3.11. The number of hydrogen-bond donors (Lipinski definition) is 3. The molecule has 0 bridgehead atoms.